The van der Waals surface area contributed by atoms with Crippen molar-refractivity contribution in [2.45, 2.75) is 118 Å². The minimum absolute atomic E-state index is 0.0706. The van der Waals surface area contributed by atoms with Gasteiger partial charge in [-0.25, -0.2) is 0 Å². The zero-order chi connectivity index (χ0) is 46.6. The minimum atomic E-state index is -0.826. The summed E-state index contributed by atoms with van der Waals surface area (Å²) in [6, 6.07) is 58.3. The van der Waals surface area contributed by atoms with Crippen LogP contribution < -0.4 is 0 Å². The molecule has 0 heterocycles. The number of hydrogen-bond donors (Lipinski definition) is 0. The first-order valence-corrected chi connectivity index (χ1v) is 31.3. The van der Waals surface area contributed by atoms with Crippen LogP contribution >= 0.6 is 17.0 Å². The molecular formula is C60H68Cl2SiZr. The molecule has 0 N–H and O–H groups in total. The molecule has 4 heteroatoms. The molecule has 8 aromatic rings. The summed E-state index contributed by atoms with van der Waals surface area (Å²) in [4.78, 5) is 0. The van der Waals surface area contributed by atoms with E-state index in [1.54, 1.807) is 0 Å². The van der Waals surface area contributed by atoms with Gasteiger partial charge in [0.05, 0.1) is 0 Å². The van der Waals surface area contributed by atoms with Crippen molar-refractivity contribution < 1.29 is 20.8 Å². The molecular weight excluding hydrogens is 911 g/mol. The molecule has 0 saturated heterocycles. The zero-order valence-corrected chi connectivity index (χ0v) is 45.3. The zero-order valence-electron chi connectivity index (χ0n) is 40.3. The average Bonchev–Trinajstić information content (AvgIpc) is 3.94. The van der Waals surface area contributed by atoms with Crippen molar-refractivity contribution in [3.05, 3.63) is 180 Å². The SMILES string of the molecule is CCC(C)c1cc2c(-c3ccccc3-c3ccccc3)c(C(C)(C)C)ccc2[cH-]1.CCC(C)c1cc2c(-c3ccccc3-c3ccccc3)c(C(C)(C)C)ccc2[cH-]1.C[Si]C.[Cl][Zr+2][Cl]. The Bertz CT molecular complexity index is 2490. The number of rotatable bonds is 8. The van der Waals surface area contributed by atoms with Crippen LogP contribution in [-0.4, -0.2) is 9.52 Å². The molecule has 2 atom stereocenters. The summed E-state index contributed by atoms with van der Waals surface area (Å²) in [5, 5.41) is 5.48. The third-order valence-electron chi connectivity index (χ3n) is 12.4. The Hall–Kier alpha value is -3.78. The second-order valence-electron chi connectivity index (χ2n) is 19.1. The number of hydrogen-bond acceptors (Lipinski definition) is 0. The molecule has 0 aliphatic rings. The predicted octanol–water partition coefficient (Wildman–Crippen LogP) is 19.6. The molecule has 0 saturated carbocycles. The summed E-state index contributed by atoms with van der Waals surface area (Å²) in [6.07, 6.45) is 2.33. The molecule has 0 fully saturated rings. The van der Waals surface area contributed by atoms with Gasteiger partial charge in [-0.2, -0.15) is 12.1 Å². The van der Waals surface area contributed by atoms with E-state index in [2.05, 4.69) is 240 Å². The molecule has 0 bridgehead atoms. The van der Waals surface area contributed by atoms with Gasteiger partial charge in [-0.1, -0.05) is 227 Å². The van der Waals surface area contributed by atoms with E-state index in [4.69, 9.17) is 17.0 Å². The van der Waals surface area contributed by atoms with E-state index >= 15 is 0 Å². The van der Waals surface area contributed by atoms with Crippen LogP contribution in [0.2, 0.25) is 13.1 Å². The van der Waals surface area contributed by atoms with Gasteiger partial charge in [0, 0.05) is 9.52 Å². The van der Waals surface area contributed by atoms with Crippen molar-refractivity contribution in [1.29, 1.82) is 0 Å². The summed E-state index contributed by atoms with van der Waals surface area (Å²) < 4.78 is 0. The first-order chi connectivity index (χ1) is 30.6. The monoisotopic (exact) mass is 976 g/mol. The van der Waals surface area contributed by atoms with Crippen LogP contribution in [0.3, 0.4) is 0 Å². The summed E-state index contributed by atoms with van der Waals surface area (Å²) in [5.41, 5.74) is 16.5. The van der Waals surface area contributed by atoms with E-state index in [0.29, 0.717) is 11.8 Å². The number of fused-ring (bicyclic) bond motifs is 2. The van der Waals surface area contributed by atoms with Gasteiger partial charge in [-0.3, -0.25) is 0 Å². The fraction of sp³-hybridized carbons (Fsp3) is 0.300. The fourth-order valence-corrected chi connectivity index (χ4v) is 8.62. The van der Waals surface area contributed by atoms with Crippen LogP contribution in [0, 0.1) is 0 Å². The van der Waals surface area contributed by atoms with Crippen molar-refractivity contribution in [3.63, 3.8) is 0 Å². The van der Waals surface area contributed by atoms with Crippen LogP contribution in [0.1, 0.15) is 116 Å². The van der Waals surface area contributed by atoms with Gasteiger partial charge in [0.15, 0.2) is 0 Å². The van der Waals surface area contributed by atoms with Crippen molar-refractivity contribution in [2.24, 2.45) is 0 Å². The third-order valence-corrected chi connectivity index (χ3v) is 12.4. The summed E-state index contributed by atoms with van der Waals surface area (Å²) >= 11 is -0.826. The Labute approximate surface area is 408 Å². The maximum absolute atomic E-state index is 4.93. The number of benzene rings is 6. The van der Waals surface area contributed by atoms with Gasteiger partial charge in [-0.05, 0) is 56.0 Å². The van der Waals surface area contributed by atoms with E-state index in [1.165, 1.54) is 101 Å². The molecule has 0 nitrogen and oxygen atoms in total. The Morgan fingerprint density at radius 3 is 1.08 bits per heavy atom. The molecule has 64 heavy (non-hydrogen) atoms. The Morgan fingerprint density at radius 1 is 0.484 bits per heavy atom. The van der Waals surface area contributed by atoms with Gasteiger partial charge in [0.25, 0.3) is 0 Å². The quantitative estimate of drug-likeness (QED) is 0.105. The second kappa shape index (κ2) is 23.6. The molecule has 8 aromatic carbocycles. The van der Waals surface area contributed by atoms with Crippen LogP contribution in [0.25, 0.3) is 66.1 Å². The van der Waals surface area contributed by atoms with E-state index < -0.39 is 20.8 Å². The normalized spacial score (nSPS) is 12.2. The van der Waals surface area contributed by atoms with Gasteiger partial charge in [0.1, 0.15) is 0 Å². The Balaban J connectivity index is 0.000000215. The predicted molar refractivity (Wildman–Crippen MR) is 285 cm³/mol. The van der Waals surface area contributed by atoms with Gasteiger partial charge in [0.2, 0.25) is 0 Å². The van der Waals surface area contributed by atoms with Gasteiger partial charge < -0.3 is 0 Å². The Kier molecular flexibility index (Phi) is 18.9. The van der Waals surface area contributed by atoms with Crippen molar-refractivity contribution in [2.75, 3.05) is 0 Å². The number of halogens is 2. The molecule has 0 aromatic heterocycles. The van der Waals surface area contributed by atoms with Crippen molar-refractivity contribution in [3.8, 4) is 44.5 Å². The van der Waals surface area contributed by atoms with Crippen LogP contribution in [-0.2, 0) is 31.7 Å². The maximum atomic E-state index is 4.93. The van der Waals surface area contributed by atoms with E-state index in [0.717, 1.165) is 9.52 Å². The molecule has 2 unspecified atom stereocenters. The second-order valence-corrected chi connectivity index (χ2v) is 23.8. The van der Waals surface area contributed by atoms with Crippen LogP contribution in [0.4, 0.5) is 0 Å². The van der Waals surface area contributed by atoms with E-state index in [1.807, 2.05) is 0 Å². The molecule has 0 aliphatic heterocycles. The standard InChI is InChI=1S/2C29H31.C2H6Si.2ClH.Zr/c2*1-6-20(2)23-18-22-16-17-27(29(3,4)5)28(26(22)19-23)25-15-11-10-14-24(25)21-12-8-7-9-13-21;1-3-2;;;/h2*7-20H,6H2,1-5H3;1-2H3;2*1H;/q2*-1;;;;+4/p-2. The van der Waals surface area contributed by atoms with Crippen LogP contribution in [0.15, 0.2) is 158 Å². The Morgan fingerprint density at radius 2 is 0.781 bits per heavy atom. The third kappa shape index (κ3) is 12.4. The van der Waals surface area contributed by atoms with E-state index in [9.17, 15) is 0 Å². The molecule has 0 amide bonds. The first-order valence-electron chi connectivity index (χ1n) is 22.9. The van der Waals surface area contributed by atoms with Crippen LogP contribution in [0.5, 0.6) is 0 Å². The van der Waals surface area contributed by atoms with Crippen molar-refractivity contribution >= 4 is 48.1 Å². The summed E-state index contributed by atoms with van der Waals surface area (Å²) in [6.45, 7) is 27.4. The summed E-state index contributed by atoms with van der Waals surface area (Å²) in [5.74, 6) is 1.16. The summed E-state index contributed by atoms with van der Waals surface area (Å²) in [7, 11) is 11.0. The van der Waals surface area contributed by atoms with Gasteiger partial charge in [-0.15, -0.1) is 69.1 Å². The van der Waals surface area contributed by atoms with Gasteiger partial charge >= 0.3 is 37.9 Å². The fourth-order valence-electron chi connectivity index (χ4n) is 8.62. The first kappa shape index (κ1) is 51.2. The molecule has 2 radical (unpaired) electrons. The molecule has 0 aliphatic carbocycles. The topological polar surface area (TPSA) is 0 Å². The molecule has 330 valence electrons. The van der Waals surface area contributed by atoms with E-state index in [-0.39, 0.29) is 10.8 Å². The van der Waals surface area contributed by atoms with Crippen molar-refractivity contribution in [1.82, 2.24) is 0 Å². The average molecular weight is 979 g/mol. The molecule has 8 rings (SSSR count). The molecule has 0 spiro atoms.